The quantitative estimate of drug-likeness (QED) is 0.403. The molecular formula is C23H23N3OS. The first-order valence-corrected chi connectivity index (χ1v) is 10.1. The van der Waals surface area contributed by atoms with Gasteiger partial charge in [0.2, 0.25) is 0 Å². The number of carbonyl (C=O) groups is 1. The summed E-state index contributed by atoms with van der Waals surface area (Å²) in [6.07, 6.45) is 3.53. The third-order valence-electron chi connectivity index (χ3n) is 4.06. The van der Waals surface area contributed by atoms with Gasteiger partial charge in [0.25, 0.3) is 0 Å². The van der Waals surface area contributed by atoms with Crippen LogP contribution in [-0.2, 0) is 12.3 Å². The molecule has 4 nitrogen and oxygen atoms in total. The van der Waals surface area contributed by atoms with Gasteiger partial charge < -0.3 is 10.2 Å². The van der Waals surface area contributed by atoms with E-state index in [1.165, 1.54) is 0 Å². The maximum absolute atomic E-state index is 12.7. The molecule has 142 valence electrons. The van der Waals surface area contributed by atoms with E-state index in [4.69, 9.17) is 0 Å². The number of nitrogens with zero attached hydrogens (tertiary/aromatic N) is 2. The lowest BCUT2D eigenvalue weighted by molar-refractivity contribution is 0.215. The molecule has 0 aliphatic rings. The third-order valence-corrected chi connectivity index (χ3v) is 5.07. The van der Waals surface area contributed by atoms with Crippen molar-refractivity contribution in [2.24, 2.45) is 0 Å². The molecule has 0 saturated heterocycles. The van der Waals surface area contributed by atoms with Gasteiger partial charge >= 0.3 is 6.03 Å². The number of urea groups is 1. The van der Waals surface area contributed by atoms with E-state index in [0.717, 1.165) is 27.6 Å². The lowest BCUT2D eigenvalue weighted by Gasteiger charge is -2.22. The lowest BCUT2D eigenvalue weighted by Crippen LogP contribution is -2.34. The predicted octanol–water partition coefficient (Wildman–Crippen LogP) is 5.59. The Balaban J connectivity index is 1.62. The van der Waals surface area contributed by atoms with Gasteiger partial charge in [0.1, 0.15) is 0 Å². The Morgan fingerprint density at radius 2 is 1.82 bits per heavy atom. The zero-order chi connectivity index (χ0) is 19.6. The topological polar surface area (TPSA) is 45.2 Å². The highest BCUT2D eigenvalue weighted by Crippen LogP contribution is 2.22. The van der Waals surface area contributed by atoms with Gasteiger partial charge in [-0.1, -0.05) is 54.6 Å². The van der Waals surface area contributed by atoms with Crippen molar-refractivity contribution in [3.63, 3.8) is 0 Å². The van der Waals surface area contributed by atoms with Crippen LogP contribution in [0, 0.1) is 0 Å². The normalized spacial score (nSPS) is 10.3. The molecule has 28 heavy (non-hydrogen) atoms. The van der Waals surface area contributed by atoms with Gasteiger partial charge in [-0.2, -0.15) is 0 Å². The summed E-state index contributed by atoms with van der Waals surface area (Å²) in [5, 5.41) is 3.98. The highest BCUT2D eigenvalue weighted by Gasteiger charge is 2.13. The molecule has 0 atom stereocenters. The van der Waals surface area contributed by atoms with Crippen LogP contribution in [0.2, 0.25) is 0 Å². The van der Waals surface area contributed by atoms with Crippen molar-refractivity contribution in [3.8, 4) is 0 Å². The second-order valence-electron chi connectivity index (χ2n) is 6.24. The molecule has 3 aromatic rings. The number of nitrogens with one attached hydrogen (secondary N) is 1. The summed E-state index contributed by atoms with van der Waals surface area (Å²) in [6, 6.07) is 23.6. The fraction of sp³-hybridized carbons (Fsp3) is 0.130. The van der Waals surface area contributed by atoms with Crippen molar-refractivity contribution >= 4 is 23.5 Å². The Hall–Kier alpha value is -3.05. The van der Waals surface area contributed by atoms with Crippen LogP contribution in [0.15, 0.2) is 96.7 Å². The molecule has 0 aliphatic heterocycles. The van der Waals surface area contributed by atoms with Crippen molar-refractivity contribution < 1.29 is 4.79 Å². The minimum Gasteiger partial charge on any atom is -0.316 e. The number of anilines is 1. The van der Waals surface area contributed by atoms with Crippen molar-refractivity contribution in [2.45, 2.75) is 17.3 Å². The Kier molecular flexibility index (Phi) is 7.27. The van der Waals surface area contributed by atoms with E-state index in [1.54, 1.807) is 28.9 Å². The van der Waals surface area contributed by atoms with E-state index in [-0.39, 0.29) is 6.03 Å². The number of pyridine rings is 1. The molecule has 0 bridgehead atoms. The Labute approximate surface area is 170 Å². The summed E-state index contributed by atoms with van der Waals surface area (Å²) < 4.78 is 0. The lowest BCUT2D eigenvalue weighted by atomic mass is 10.2. The highest BCUT2D eigenvalue weighted by atomic mass is 32.2. The van der Waals surface area contributed by atoms with Gasteiger partial charge in [0.15, 0.2) is 0 Å². The summed E-state index contributed by atoms with van der Waals surface area (Å²) in [5.41, 5.74) is 3.00. The molecule has 2 amide bonds. The largest absolute Gasteiger partial charge is 0.322 e. The summed E-state index contributed by atoms with van der Waals surface area (Å²) >= 11 is 1.67. The molecule has 1 N–H and O–H groups in total. The first-order chi connectivity index (χ1) is 13.7. The molecule has 5 heteroatoms. The summed E-state index contributed by atoms with van der Waals surface area (Å²) in [5.74, 6) is 0.793. The molecule has 0 spiro atoms. The van der Waals surface area contributed by atoms with Crippen LogP contribution < -0.4 is 5.32 Å². The molecule has 0 aliphatic carbocycles. The van der Waals surface area contributed by atoms with Gasteiger partial charge in [-0.3, -0.25) is 0 Å². The molecule has 1 aromatic heterocycles. The second kappa shape index (κ2) is 10.3. The number of rotatable bonds is 8. The van der Waals surface area contributed by atoms with Crippen LogP contribution in [0.4, 0.5) is 10.5 Å². The zero-order valence-electron chi connectivity index (χ0n) is 15.6. The summed E-state index contributed by atoms with van der Waals surface area (Å²) in [7, 11) is 0. The van der Waals surface area contributed by atoms with Gasteiger partial charge in [-0.15, -0.1) is 18.3 Å². The number of thioether (sulfide) groups is 1. The first-order valence-electron chi connectivity index (χ1n) is 9.08. The van der Waals surface area contributed by atoms with E-state index in [0.29, 0.717) is 13.1 Å². The smallest absolute Gasteiger partial charge is 0.316 e. The first kappa shape index (κ1) is 19.7. The number of benzene rings is 2. The van der Waals surface area contributed by atoms with Crippen LogP contribution in [0.5, 0.6) is 0 Å². The van der Waals surface area contributed by atoms with Crippen molar-refractivity contribution in [3.05, 3.63) is 103 Å². The standard InChI is InChI=1S/C23H23N3OS/c1-2-15-26(17-19-9-4-3-5-10-19)23(27)25-21-12-8-11-20(16-21)18-28-22-13-6-7-14-24-22/h2-14,16H,1,15,17-18H2,(H,25,27). The van der Waals surface area contributed by atoms with Gasteiger partial charge in [-0.25, -0.2) is 9.78 Å². The minimum absolute atomic E-state index is 0.140. The third kappa shape index (κ3) is 5.99. The molecule has 2 aromatic carbocycles. The average molecular weight is 390 g/mol. The van der Waals surface area contributed by atoms with E-state index in [9.17, 15) is 4.79 Å². The molecule has 3 rings (SSSR count). The summed E-state index contributed by atoms with van der Waals surface area (Å²) in [4.78, 5) is 18.8. The maximum atomic E-state index is 12.7. The fourth-order valence-electron chi connectivity index (χ4n) is 2.71. The van der Waals surface area contributed by atoms with E-state index >= 15 is 0 Å². The molecule has 0 unspecified atom stereocenters. The number of hydrogen-bond acceptors (Lipinski definition) is 3. The van der Waals surface area contributed by atoms with E-state index < -0.39 is 0 Å². The Morgan fingerprint density at radius 3 is 2.57 bits per heavy atom. The van der Waals surface area contributed by atoms with E-state index in [2.05, 4.69) is 22.9 Å². The second-order valence-corrected chi connectivity index (χ2v) is 7.24. The monoisotopic (exact) mass is 389 g/mol. The molecule has 0 fully saturated rings. The van der Waals surface area contributed by atoms with Crippen LogP contribution in [0.1, 0.15) is 11.1 Å². The number of carbonyl (C=O) groups excluding carboxylic acids is 1. The minimum atomic E-state index is -0.140. The van der Waals surface area contributed by atoms with Gasteiger partial charge in [0, 0.05) is 30.7 Å². The highest BCUT2D eigenvalue weighted by molar-refractivity contribution is 7.98. The van der Waals surface area contributed by atoms with Crippen LogP contribution in [0.25, 0.3) is 0 Å². The maximum Gasteiger partial charge on any atom is 0.322 e. The van der Waals surface area contributed by atoms with Crippen LogP contribution >= 0.6 is 11.8 Å². The average Bonchev–Trinajstić information content (AvgIpc) is 2.74. The molecule has 0 saturated carbocycles. The van der Waals surface area contributed by atoms with Crippen molar-refractivity contribution in [1.82, 2.24) is 9.88 Å². The number of hydrogen-bond donors (Lipinski definition) is 1. The van der Waals surface area contributed by atoms with Gasteiger partial charge in [-0.05, 0) is 35.4 Å². The predicted molar refractivity (Wildman–Crippen MR) is 116 cm³/mol. The molecule has 0 radical (unpaired) electrons. The molecular weight excluding hydrogens is 366 g/mol. The Bertz CT molecular complexity index is 900. The van der Waals surface area contributed by atoms with Crippen molar-refractivity contribution in [2.75, 3.05) is 11.9 Å². The van der Waals surface area contributed by atoms with Crippen LogP contribution in [-0.4, -0.2) is 22.5 Å². The van der Waals surface area contributed by atoms with Crippen LogP contribution in [0.3, 0.4) is 0 Å². The molecule has 1 heterocycles. The number of amides is 2. The zero-order valence-corrected chi connectivity index (χ0v) is 16.4. The SMILES string of the molecule is C=CCN(Cc1ccccc1)C(=O)Nc1cccc(CSc2ccccn2)c1. The van der Waals surface area contributed by atoms with Crippen molar-refractivity contribution in [1.29, 1.82) is 0 Å². The van der Waals surface area contributed by atoms with Gasteiger partial charge in [0.05, 0.1) is 5.03 Å². The number of aromatic nitrogens is 1. The summed E-state index contributed by atoms with van der Waals surface area (Å²) in [6.45, 7) is 4.79. The Morgan fingerprint density at radius 1 is 1.04 bits per heavy atom. The van der Waals surface area contributed by atoms with E-state index in [1.807, 2.05) is 66.7 Å². The fourth-order valence-corrected chi connectivity index (χ4v) is 3.51.